The van der Waals surface area contributed by atoms with Crippen molar-refractivity contribution in [2.24, 2.45) is 0 Å². The highest BCUT2D eigenvalue weighted by Gasteiger charge is 2.13. The lowest BCUT2D eigenvalue weighted by Gasteiger charge is -2.08. The first kappa shape index (κ1) is 12.7. The summed E-state index contributed by atoms with van der Waals surface area (Å²) >= 11 is 0. The van der Waals surface area contributed by atoms with E-state index >= 15 is 0 Å². The van der Waals surface area contributed by atoms with Crippen LogP contribution in [0.5, 0.6) is 5.75 Å². The normalized spacial score (nSPS) is 11.4. The number of rotatable bonds is 2. The number of aromatic hydroxyl groups is 1. The predicted octanol–water partition coefficient (Wildman–Crippen LogP) is 4.46. The summed E-state index contributed by atoms with van der Waals surface area (Å²) in [5, 5.41) is 10.0. The molecule has 0 aliphatic carbocycles. The molecule has 3 nitrogen and oxygen atoms in total. The Bertz CT molecular complexity index is 777. The van der Waals surface area contributed by atoms with Crippen LogP contribution >= 0.6 is 0 Å². The highest BCUT2D eigenvalue weighted by molar-refractivity contribution is 5.77. The van der Waals surface area contributed by atoms with Crippen molar-refractivity contribution in [1.29, 1.82) is 0 Å². The molecule has 1 heterocycles. The van der Waals surface area contributed by atoms with Gasteiger partial charge in [-0.3, -0.25) is 0 Å². The molecule has 102 valence electrons. The maximum absolute atomic E-state index is 13.6. The zero-order valence-electron chi connectivity index (χ0n) is 11.2. The summed E-state index contributed by atoms with van der Waals surface area (Å²) < 4.78 is 19.1. The quantitative estimate of drug-likeness (QED) is 0.748. The van der Waals surface area contributed by atoms with Gasteiger partial charge in [-0.05, 0) is 35.7 Å². The Morgan fingerprint density at radius 1 is 1.20 bits per heavy atom. The molecule has 3 aromatic rings. The maximum atomic E-state index is 13.6. The average Bonchev–Trinajstić information content (AvgIpc) is 2.83. The van der Waals surface area contributed by atoms with Crippen molar-refractivity contribution in [3.05, 3.63) is 47.8 Å². The highest BCUT2D eigenvalue weighted by Crippen LogP contribution is 2.32. The molecule has 1 aromatic heterocycles. The minimum Gasteiger partial charge on any atom is -0.508 e. The van der Waals surface area contributed by atoms with Crippen molar-refractivity contribution in [3.8, 4) is 17.2 Å². The van der Waals surface area contributed by atoms with Gasteiger partial charge in [0.05, 0.1) is 0 Å². The minimum atomic E-state index is -0.416. The SMILES string of the molecule is CC(C)c1ccc(-c2nc3c(F)cccc3o2)cc1O. The van der Waals surface area contributed by atoms with Gasteiger partial charge in [-0.1, -0.05) is 26.0 Å². The van der Waals surface area contributed by atoms with Gasteiger partial charge in [0.15, 0.2) is 11.4 Å². The number of benzene rings is 2. The van der Waals surface area contributed by atoms with Crippen molar-refractivity contribution in [1.82, 2.24) is 4.98 Å². The molecule has 3 rings (SSSR count). The van der Waals surface area contributed by atoms with Crippen molar-refractivity contribution in [3.63, 3.8) is 0 Å². The lowest BCUT2D eigenvalue weighted by atomic mass is 10.0. The molecule has 1 N–H and O–H groups in total. The number of aromatic nitrogens is 1. The standard InChI is InChI=1S/C16H14FNO2/c1-9(2)11-7-6-10(8-13(11)19)16-18-15-12(17)4-3-5-14(15)20-16/h3-9,19H,1-2H3. The summed E-state index contributed by atoms with van der Waals surface area (Å²) in [6, 6.07) is 9.83. The fraction of sp³-hybridized carbons (Fsp3) is 0.188. The number of halogens is 1. The van der Waals surface area contributed by atoms with Crippen LogP contribution in [-0.2, 0) is 0 Å². The molecule has 0 radical (unpaired) electrons. The van der Waals surface area contributed by atoms with Crippen LogP contribution in [0.15, 0.2) is 40.8 Å². The van der Waals surface area contributed by atoms with Crippen LogP contribution in [0.25, 0.3) is 22.6 Å². The molecule has 0 saturated heterocycles. The first-order valence-electron chi connectivity index (χ1n) is 6.44. The molecule has 0 saturated carbocycles. The number of para-hydroxylation sites is 1. The van der Waals surface area contributed by atoms with Gasteiger partial charge in [0.1, 0.15) is 11.3 Å². The van der Waals surface area contributed by atoms with Crippen molar-refractivity contribution in [2.75, 3.05) is 0 Å². The molecule has 0 fully saturated rings. The van der Waals surface area contributed by atoms with E-state index in [1.807, 2.05) is 26.0 Å². The Kier molecular flexibility index (Phi) is 2.93. The fourth-order valence-corrected chi connectivity index (χ4v) is 2.20. The van der Waals surface area contributed by atoms with Crippen LogP contribution in [0.3, 0.4) is 0 Å². The molecule has 0 aliphatic heterocycles. The van der Waals surface area contributed by atoms with Gasteiger partial charge in [0.25, 0.3) is 0 Å². The molecule has 0 atom stereocenters. The van der Waals surface area contributed by atoms with E-state index in [-0.39, 0.29) is 17.2 Å². The molecular weight excluding hydrogens is 257 g/mol. The molecule has 0 bridgehead atoms. The molecule has 2 aromatic carbocycles. The number of fused-ring (bicyclic) bond motifs is 1. The fourth-order valence-electron chi connectivity index (χ4n) is 2.20. The van der Waals surface area contributed by atoms with Gasteiger partial charge < -0.3 is 9.52 Å². The van der Waals surface area contributed by atoms with Gasteiger partial charge in [0.2, 0.25) is 5.89 Å². The Morgan fingerprint density at radius 2 is 2.00 bits per heavy atom. The Balaban J connectivity index is 2.11. The lowest BCUT2D eigenvalue weighted by Crippen LogP contribution is -1.88. The molecule has 0 spiro atoms. The van der Waals surface area contributed by atoms with E-state index in [1.54, 1.807) is 18.2 Å². The van der Waals surface area contributed by atoms with Crippen molar-refractivity contribution >= 4 is 11.1 Å². The summed E-state index contributed by atoms with van der Waals surface area (Å²) in [5.41, 5.74) is 2.08. The van der Waals surface area contributed by atoms with Crippen LogP contribution in [0.1, 0.15) is 25.3 Å². The summed E-state index contributed by atoms with van der Waals surface area (Å²) in [5.74, 6) is 0.307. The molecule has 0 amide bonds. The van der Waals surface area contributed by atoms with E-state index in [0.29, 0.717) is 17.0 Å². The zero-order chi connectivity index (χ0) is 14.3. The Morgan fingerprint density at radius 3 is 2.65 bits per heavy atom. The van der Waals surface area contributed by atoms with E-state index in [4.69, 9.17) is 4.42 Å². The van der Waals surface area contributed by atoms with Crippen LogP contribution in [0.2, 0.25) is 0 Å². The van der Waals surface area contributed by atoms with Gasteiger partial charge in [-0.15, -0.1) is 0 Å². The van der Waals surface area contributed by atoms with Crippen LogP contribution in [-0.4, -0.2) is 10.1 Å². The molecule has 0 aliphatic rings. The van der Waals surface area contributed by atoms with Gasteiger partial charge in [-0.2, -0.15) is 0 Å². The van der Waals surface area contributed by atoms with Gasteiger partial charge in [-0.25, -0.2) is 9.37 Å². The topological polar surface area (TPSA) is 46.3 Å². The van der Waals surface area contributed by atoms with E-state index in [9.17, 15) is 9.50 Å². The summed E-state index contributed by atoms with van der Waals surface area (Å²) in [4.78, 5) is 4.15. The predicted molar refractivity (Wildman–Crippen MR) is 75.2 cm³/mol. The minimum absolute atomic E-state index is 0.195. The zero-order valence-corrected chi connectivity index (χ0v) is 11.2. The largest absolute Gasteiger partial charge is 0.508 e. The van der Waals surface area contributed by atoms with Crippen molar-refractivity contribution < 1.29 is 13.9 Å². The lowest BCUT2D eigenvalue weighted by molar-refractivity contribution is 0.464. The van der Waals surface area contributed by atoms with E-state index in [1.165, 1.54) is 6.07 Å². The van der Waals surface area contributed by atoms with E-state index in [2.05, 4.69) is 4.98 Å². The molecule has 20 heavy (non-hydrogen) atoms. The Labute approximate surface area is 115 Å². The number of oxazole rings is 1. The summed E-state index contributed by atoms with van der Waals surface area (Å²) in [6.07, 6.45) is 0. The second kappa shape index (κ2) is 4.63. The van der Waals surface area contributed by atoms with Crippen LogP contribution in [0.4, 0.5) is 4.39 Å². The second-order valence-electron chi connectivity index (χ2n) is 5.03. The Hall–Kier alpha value is -2.36. The smallest absolute Gasteiger partial charge is 0.227 e. The van der Waals surface area contributed by atoms with E-state index in [0.717, 1.165) is 5.56 Å². The van der Waals surface area contributed by atoms with Crippen LogP contribution in [0, 0.1) is 5.82 Å². The number of hydrogen-bond acceptors (Lipinski definition) is 3. The molecule has 4 heteroatoms. The second-order valence-corrected chi connectivity index (χ2v) is 5.03. The third kappa shape index (κ3) is 2.03. The van der Waals surface area contributed by atoms with Crippen molar-refractivity contribution in [2.45, 2.75) is 19.8 Å². The first-order valence-corrected chi connectivity index (χ1v) is 6.44. The monoisotopic (exact) mass is 271 g/mol. The highest BCUT2D eigenvalue weighted by atomic mass is 19.1. The number of phenols is 1. The maximum Gasteiger partial charge on any atom is 0.227 e. The van der Waals surface area contributed by atoms with E-state index < -0.39 is 5.82 Å². The molecule has 0 unspecified atom stereocenters. The number of hydrogen-bond donors (Lipinski definition) is 1. The third-order valence-corrected chi connectivity index (χ3v) is 3.27. The third-order valence-electron chi connectivity index (χ3n) is 3.27. The molecular formula is C16H14FNO2. The van der Waals surface area contributed by atoms with Gasteiger partial charge in [0, 0.05) is 5.56 Å². The number of nitrogens with zero attached hydrogens (tertiary/aromatic N) is 1. The average molecular weight is 271 g/mol. The number of phenolic OH excluding ortho intramolecular Hbond substituents is 1. The first-order chi connectivity index (χ1) is 9.56. The van der Waals surface area contributed by atoms with Gasteiger partial charge >= 0.3 is 0 Å². The summed E-state index contributed by atoms with van der Waals surface area (Å²) in [6.45, 7) is 4.01. The van der Waals surface area contributed by atoms with Crippen LogP contribution < -0.4 is 0 Å². The summed E-state index contributed by atoms with van der Waals surface area (Å²) in [7, 11) is 0.